The number of hydrazine groups is 1. The monoisotopic (exact) mass is 422 g/mol. The van der Waals surface area contributed by atoms with Crippen LogP contribution in [0.4, 0.5) is 4.39 Å². The summed E-state index contributed by atoms with van der Waals surface area (Å²) in [5.41, 5.74) is 7.59. The number of aromatic nitrogens is 4. The molecule has 2 aromatic carbocycles. The van der Waals surface area contributed by atoms with Gasteiger partial charge >= 0.3 is 0 Å². The Morgan fingerprint density at radius 2 is 1.70 bits per heavy atom. The molecule has 150 valence electrons. The first-order chi connectivity index (χ1) is 14.5. The Bertz CT molecular complexity index is 1190. The highest BCUT2D eigenvalue weighted by molar-refractivity contribution is 7.17. The molecule has 0 atom stereocenters. The van der Waals surface area contributed by atoms with E-state index < -0.39 is 11.8 Å². The minimum atomic E-state index is -0.460. The lowest BCUT2D eigenvalue weighted by molar-refractivity contribution is 0.0849. The second kappa shape index (κ2) is 8.21. The number of carbonyl (C=O) groups excluding carboxylic acids is 2. The molecule has 0 saturated carbocycles. The van der Waals surface area contributed by atoms with Crippen molar-refractivity contribution in [1.82, 2.24) is 31.1 Å². The fourth-order valence-corrected chi connectivity index (χ4v) is 3.85. The highest BCUT2D eigenvalue weighted by atomic mass is 32.1. The predicted octanol–water partition coefficient (Wildman–Crippen LogP) is 2.91. The van der Waals surface area contributed by atoms with Gasteiger partial charge in [0, 0.05) is 10.4 Å². The molecule has 8 nitrogen and oxygen atoms in total. The quantitative estimate of drug-likeness (QED) is 0.493. The SMILES string of the molecule is Cc1cc(C(=O)NNC(=O)c2ccc(-n3cnnn3)cc2)sc1-c1ccc(F)cc1. The van der Waals surface area contributed by atoms with Crippen molar-refractivity contribution in [1.29, 1.82) is 0 Å². The number of rotatable bonds is 4. The highest BCUT2D eigenvalue weighted by Gasteiger charge is 2.15. The van der Waals surface area contributed by atoms with Gasteiger partial charge in [0.2, 0.25) is 0 Å². The third kappa shape index (κ3) is 4.08. The summed E-state index contributed by atoms with van der Waals surface area (Å²) in [5.74, 6) is -1.21. The fraction of sp³-hybridized carbons (Fsp3) is 0.0500. The molecule has 2 N–H and O–H groups in total. The van der Waals surface area contributed by atoms with E-state index in [1.54, 1.807) is 42.5 Å². The Balaban J connectivity index is 1.40. The van der Waals surface area contributed by atoms with E-state index in [4.69, 9.17) is 0 Å². The number of halogens is 1. The molecule has 0 aliphatic heterocycles. The van der Waals surface area contributed by atoms with E-state index in [1.165, 1.54) is 34.5 Å². The van der Waals surface area contributed by atoms with Crippen molar-refractivity contribution in [2.75, 3.05) is 0 Å². The zero-order valence-electron chi connectivity index (χ0n) is 15.7. The van der Waals surface area contributed by atoms with Gasteiger partial charge in [-0.25, -0.2) is 9.07 Å². The summed E-state index contributed by atoms with van der Waals surface area (Å²) >= 11 is 1.27. The zero-order chi connectivity index (χ0) is 21.1. The molecular formula is C20H15FN6O2S. The van der Waals surface area contributed by atoms with Crippen LogP contribution in [0.3, 0.4) is 0 Å². The molecule has 0 aliphatic carbocycles. The number of nitrogens with one attached hydrogen (secondary N) is 2. The van der Waals surface area contributed by atoms with E-state index >= 15 is 0 Å². The number of aryl methyl sites for hydroxylation is 1. The molecule has 0 saturated heterocycles. The van der Waals surface area contributed by atoms with E-state index in [9.17, 15) is 14.0 Å². The van der Waals surface area contributed by atoms with Gasteiger partial charge < -0.3 is 0 Å². The van der Waals surface area contributed by atoms with Gasteiger partial charge in [-0.1, -0.05) is 12.1 Å². The van der Waals surface area contributed by atoms with Crippen molar-refractivity contribution >= 4 is 23.2 Å². The van der Waals surface area contributed by atoms with Gasteiger partial charge in [-0.05, 0) is 70.9 Å². The van der Waals surface area contributed by atoms with Gasteiger partial charge in [0.25, 0.3) is 11.8 Å². The second-order valence-corrected chi connectivity index (χ2v) is 7.39. The third-order valence-electron chi connectivity index (χ3n) is 4.28. The fourth-order valence-electron chi connectivity index (χ4n) is 2.77. The Morgan fingerprint density at radius 3 is 2.37 bits per heavy atom. The first kappa shape index (κ1) is 19.4. The summed E-state index contributed by atoms with van der Waals surface area (Å²) in [7, 11) is 0. The standard InChI is InChI=1S/C20H15FN6O2S/c1-12-10-17(30-18(12)13-2-6-15(21)7-3-13)20(29)24-23-19(28)14-4-8-16(9-5-14)27-11-22-25-26-27/h2-11H,1H3,(H,23,28)(H,24,29). The molecule has 2 aromatic heterocycles. The summed E-state index contributed by atoms with van der Waals surface area (Å²) in [5, 5.41) is 10.9. The molecular weight excluding hydrogens is 407 g/mol. The first-order valence-corrected chi connectivity index (χ1v) is 9.63. The number of carbonyl (C=O) groups is 2. The lowest BCUT2D eigenvalue weighted by Gasteiger charge is -2.07. The summed E-state index contributed by atoms with van der Waals surface area (Å²) < 4.78 is 14.6. The average molecular weight is 422 g/mol. The third-order valence-corrected chi connectivity index (χ3v) is 5.57. The predicted molar refractivity (Wildman–Crippen MR) is 109 cm³/mol. The van der Waals surface area contributed by atoms with Crippen molar-refractivity contribution in [2.45, 2.75) is 6.92 Å². The number of tetrazole rings is 1. The highest BCUT2D eigenvalue weighted by Crippen LogP contribution is 2.32. The Kier molecular flexibility index (Phi) is 5.31. The van der Waals surface area contributed by atoms with E-state index in [2.05, 4.69) is 26.4 Å². The van der Waals surface area contributed by atoms with Crippen LogP contribution in [0.2, 0.25) is 0 Å². The smallest absolute Gasteiger partial charge is 0.267 e. The number of benzene rings is 2. The summed E-state index contributed by atoms with van der Waals surface area (Å²) in [4.78, 5) is 26.0. The minimum absolute atomic E-state index is 0.320. The number of hydrogen-bond acceptors (Lipinski definition) is 6. The van der Waals surface area contributed by atoms with Crippen LogP contribution in [0, 0.1) is 12.7 Å². The van der Waals surface area contributed by atoms with E-state index in [0.29, 0.717) is 16.1 Å². The van der Waals surface area contributed by atoms with Crippen LogP contribution in [0.15, 0.2) is 60.9 Å². The number of hydrogen-bond donors (Lipinski definition) is 2. The first-order valence-electron chi connectivity index (χ1n) is 8.82. The lowest BCUT2D eigenvalue weighted by atomic mass is 10.1. The van der Waals surface area contributed by atoms with Crippen LogP contribution in [0.5, 0.6) is 0 Å². The van der Waals surface area contributed by atoms with Gasteiger partial charge in [-0.15, -0.1) is 16.4 Å². The molecule has 0 unspecified atom stereocenters. The molecule has 0 bridgehead atoms. The Morgan fingerprint density at radius 1 is 1.00 bits per heavy atom. The van der Waals surface area contributed by atoms with Crippen molar-refractivity contribution in [3.63, 3.8) is 0 Å². The number of amides is 2. The molecule has 30 heavy (non-hydrogen) atoms. The van der Waals surface area contributed by atoms with Crippen LogP contribution in [-0.4, -0.2) is 32.0 Å². The maximum Gasteiger partial charge on any atom is 0.279 e. The Hall–Kier alpha value is -3.92. The molecule has 0 radical (unpaired) electrons. The Labute approximate surface area is 174 Å². The van der Waals surface area contributed by atoms with Gasteiger partial charge in [0.05, 0.1) is 10.6 Å². The summed E-state index contributed by atoms with van der Waals surface area (Å²) in [6.45, 7) is 1.87. The lowest BCUT2D eigenvalue weighted by Crippen LogP contribution is -2.41. The van der Waals surface area contributed by atoms with E-state index in [-0.39, 0.29) is 5.82 Å². The largest absolute Gasteiger partial charge is 0.279 e. The van der Waals surface area contributed by atoms with Crippen LogP contribution in [-0.2, 0) is 0 Å². The molecule has 0 fully saturated rings. The maximum atomic E-state index is 13.1. The molecule has 4 rings (SSSR count). The molecule has 2 amide bonds. The molecule has 0 aliphatic rings. The van der Waals surface area contributed by atoms with Crippen LogP contribution < -0.4 is 10.9 Å². The summed E-state index contributed by atoms with van der Waals surface area (Å²) in [6, 6.07) is 14.4. The maximum absolute atomic E-state index is 13.1. The molecule has 4 aromatic rings. The van der Waals surface area contributed by atoms with Gasteiger partial charge in [0.15, 0.2) is 0 Å². The van der Waals surface area contributed by atoms with E-state index in [0.717, 1.165) is 16.0 Å². The van der Waals surface area contributed by atoms with Gasteiger partial charge in [0.1, 0.15) is 12.1 Å². The van der Waals surface area contributed by atoms with Crippen LogP contribution in [0.25, 0.3) is 16.1 Å². The van der Waals surface area contributed by atoms with Crippen LogP contribution in [0.1, 0.15) is 25.6 Å². The number of thiophene rings is 1. The second-order valence-electron chi connectivity index (χ2n) is 6.34. The molecule has 2 heterocycles. The van der Waals surface area contributed by atoms with Gasteiger partial charge in [-0.2, -0.15) is 0 Å². The normalized spacial score (nSPS) is 10.6. The van der Waals surface area contributed by atoms with Crippen LogP contribution >= 0.6 is 11.3 Å². The minimum Gasteiger partial charge on any atom is -0.267 e. The van der Waals surface area contributed by atoms with Gasteiger partial charge in [-0.3, -0.25) is 20.4 Å². The average Bonchev–Trinajstić information content (AvgIpc) is 3.43. The molecule has 10 heteroatoms. The topological polar surface area (TPSA) is 102 Å². The summed E-state index contributed by atoms with van der Waals surface area (Å²) in [6.07, 6.45) is 1.44. The van der Waals surface area contributed by atoms with Crippen molar-refractivity contribution in [3.8, 4) is 16.1 Å². The molecule has 0 spiro atoms. The van der Waals surface area contributed by atoms with E-state index in [1.807, 2.05) is 6.92 Å². The van der Waals surface area contributed by atoms with Crippen molar-refractivity contribution < 1.29 is 14.0 Å². The van der Waals surface area contributed by atoms with Crippen molar-refractivity contribution in [2.24, 2.45) is 0 Å². The zero-order valence-corrected chi connectivity index (χ0v) is 16.5. The van der Waals surface area contributed by atoms with Crippen molar-refractivity contribution in [3.05, 3.63) is 82.7 Å². The number of nitrogens with zero attached hydrogens (tertiary/aromatic N) is 4.